The minimum atomic E-state index is -2.02. The molecule has 1 aliphatic heterocycles. The zero-order valence-electron chi connectivity index (χ0n) is 13.9. The molecule has 1 fully saturated rings. The minimum Gasteiger partial charge on any atom is -0.466 e. The van der Waals surface area contributed by atoms with Crippen LogP contribution in [0.2, 0.25) is 19.6 Å². The van der Waals surface area contributed by atoms with Crippen molar-refractivity contribution in [2.75, 3.05) is 20.8 Å². The van der Waals surface area contributed by atoms with Crippen molar-refractivity contribution in [2.45, 2.75) is 44.7 Å². The van der Waals surface area contributed by atoms with Crippen LogP contribution in [0.15, 0.2) is 11.1 Å². The number of fused-ring (bicyclic) bond motifs is 1. The van der Waals surface area contributed by atoms with Crippen molar-refractivity contribution in [3.05, 3.63) is 11.1 Å². The van der Waals surface area contributed by atoms with Gasteiger partial charge in [0.2, 0.25) is 5.79 Å². The minimum absolute atomic E-state index is 0.177. The van der Waals surface area contributed by atoms with Crippen molar-refractivity contribution >= 4 is 20.3 Å². The van der Waals surface area contributed by atoms with Gasteiger partial charge in [-0.2, -0.15) is 0 Å². The van der Waals surface area contributed by atoms with Crippen LogP contribution in [0.1, 0.15) is 19.3 Å². The molecule has 0 amide bonds. The predicted molar refractivity (Wildman–Crippen MR) is 81.5 cm³/mol. The first-order valence-corrected chi connectivity index (χ1v) is 10.9. The van der Waals surface area contributed by atoms with E-state index in [-0.39, 0.29) is 11.5 Å². The van der Waals surface area contributed by atoms with E-state index in [4.69, 9.17) is 18.6 Å². The quantitative estimate of drug-likeness (QED) is 0.581. The molecule has 2 aliphatic rings. The zero-order valence-corrected chi connectivity index (χ0v) is 14.9. The molecule has 124 valence electrons. The molecule has 0 spiro atoms. The second-order valence-corrected chi connectivity index (χ2v) is 11.0. The largest absolute Gasteiger partial charge is 0.466 e. The highest BCUT2D eigenvalue weighted by molar-refractivity contribution is 6.69. The Kier molecular flexibility index (Phi) is 4.79. The van der Waals surface area contributed by atoms with Crippen molar-refractivity contribution in [1.29, 1.82) is 0 Å². The summed E-state index contributed by atoms with van der Waals surface area (Å²) >= 11 is 0. The van der Waals surface area contributed by atoms with E-state index in [2.05, 4.69) is 0 Å². The van der Waals surface area contributed by atoms with Crippen LogP contribution in [-0.4, -0.2) is 46.9 Å². The molecule has 0 aromatic rings. The molecule has 0 aromatic carbocycles. The van der Waals surface area contributed by atoms with Crippen molar-refractivity contribution in [3.8, 4) is 0 Å². The molecule has 1 aliphatic carbocycles. The fourth-order valence-corrected chi connectivity index (χ4v) is 4.36. The highest BCUT2D eigenvalue weighted by Gasteiger charge is 2.63. The van der Waals surface area contributed by atoms with E-state index in [0.29, 0.717) is 12.2 Å². The van der Waals surface area contributed by atoms with Gasteiger partial charge in [-0.3, -0.25) is 0 Å². The van der Waals surface area contributed by atoms with E-state index in [9.17, 15) is 9.59 Å². The predicted octanol–water partition coefficient (Wildman–Crippen LogP) is 2.01. The van der Waals surface area contributed by atoms with Gasteiger partial charge >= 0.3 is 11.9 Å². The fourth-order valence-electron chi connectivity index (χ4n) is 3.14. The number of hydrogen-bond acceptors (Lipinski definition) is 6. The standard InChI is InChI=1S/C15H24O6Si/c1-18-13(16)11-10-8-6-7-9-20-15(10,21-22(3,4)5)12(11)14(17)19-2/h10H,6-9H2,1-5H3/t10-,15+/m0/s1. The molecule has 0 radical (unpaired) electrons. The maximum Gasteiger partial charge on any atom is 0.339 e. The highest BCUT2D eigenvalue weighted by atomic mass is 28.4. The molecule has 0 unspecified atom stereocenters. The topological polar surface area (TPSA) is 71.1 Å². The third kappa shape index (κ3) is 2.85. The molecule has 22 heavy (non-hydrogen) atoms. The van der Waals surface area contributed by atoms with E-state index in [1.807, 2.05) is 19.6 Å². The smallest absolute Gasteiger partial charge is 0.339 e. The van der Waals surface area contributed by atoms with Crippen LogP contribution in [0, 0.1) is 5.92 Å². The number of rotatable bonds is 4. The summed E-state index contributed by atoms with van der Waals surface area (Å²) in [6.07, 6.45) is 2.52. The van der Waals surface area contributed by atoms with Gasteiger partial charge in [-0.05, 0) is 32.5 Å². The SMILES string of the molecule is COC(=O)C1=C(C(=O)OC)[C@@]2(O[Si](C)(C)C)OCCCC[C@@H]12. The molecule has 1 saturated heterocycles. The molecule has 2 atom stereocenters. The summed E-state index contributed by atoms with van der Waals surface area (Å²) in [6, 6.07) is 0. The third-order valence-corrected chi connectivity index (χ3v) is 4.80. The Hall–Kier alpha value is -1.18. The van der Waals surface area contributed by atoms with Gasteiger partial charge in [-0.1, -0.05) is 6.42 Å². The molecular formula is C15H24O6Si. The lowest BCUT2D eigenvalue weighted by atomic mass is 9.69. The van der Waals surface area contributed by atoms with Crippen LogP contribution in [0.5, 0.6) is 0 Å². The average molecular weight is 328 g/mol. The summed E-state index contributed by atoms with van der Waals surface area (Å²) in [5, 5.41) is 0. The molecule has 0 saturated carbocycles. The molecule has 6 nitrogen and oxygen atoms in total. The molecular weight excluding hydrogens is 304 g/mol. The van der Waals surface area contributed by atoms with E-state index >= 15 is 0 Å². The lowest BCUT2D eigenvalue weighted by Gasteiger charge is -2.51. The molecule has 7 heteroatoms. The number of esters is 2. The summed E-state index contributed by atoms with van der Waals surface area (Å²) < 4.78 is 21.9. The summed E-state index contributed by atoms with van der Waals surface area (Å²) in [5.41, 5.74) is 0.519. The second kappa shape index (κ2) is 6.14. The van der Waals surface area contributed by atoms with Gasteiger partial charge in [0.05, 0.1) is 32.3 Å². The van der Waals surface area contributed by atoms with Gasteiger partial charge in [0.25, 0.3) is 0 Å². The van der Waals surface area contributed by atoms with E-state index in [1.165, 1.54) is 14.2 Å². The van der Waals surface area contributed by atoms with Crippen LogP contribution in [0.25, 0.3) is 0 Å². The summed E-state index contributed by atoms with van der Waals surface area (Å²) in [4.78, 5) is 24.4. The van der Waals surface area contributed by atoms with E-state index < -0.39 is 26.0 Å². The van der Waals surface area contributed by atoms with Crippen LogP contribution in [0.3, 0.4) is 0 Å². The Labute approximate surface area is 131 Å². The van der Waals surface area contributed by atoms with Crippen molar-refractivity contribution < 1.29 is 28.2 Å². The fraction of sp³-hybridized carbons (Fsp3) is 0.733. The Morgan fingerprint density at radius 2 is 1.77 bits per heavy atom. The van der Waals surface area contributed by atoms with E-state index in [1.54, 1.807) is 0 Å². The lowest BCUT2D eigenvalue weighted by Crippen LogP contribution is -2.61. The van der Waals surface area contributed by atoms with Crippen molar-refractivity contribution in [1.82, 2.24) is 0 Å². The summed E-state index contributed by atoms with van der Waals surface area (Å²) in [7, 11) is 0.571. The van der Waals surface area contributed by atoms with Crippen LogP contribution in [0.4, 0.5) is 0 Å². The summed E-state index contributed by atoms with van der Waals surface area (Å²) in [6.45, 7) is 6.57. The highest BCUT2D eigenvalue weighted by Crippen LogP contribution is 2.53. The molecule has 0 aromatic heterocycles. The number of carbonyl (C=O) groups excluding carboxylic acids is 2. The summed E-state index contributed by atoms with van der Waals surface area (Å²) in [5.74, 6) is -2.52. The lowest BCUT2D eigenvalue weighted by molar-refractivity contribution is -0.209. The van der Waals surface area contributed by atoms with Crippen LogP contribution < -0.4 is 0 Å². The zero-order chi connectivity index (χ0) is 16.5. The Bertz CT molecular complexity index is 507. The first-order chi connectivity index (χ1) is 10.3. The average Bonchev–Trinajstić information content (AvgIpc) is 2.59. The Morgan fingerprint density at radius 3 is 2.32 bits per heavy atom. The number of ether oxygens (including phenoxy) is 3. The first-order valence-electron chi connectivity index (χ1n) is 7.52. The first kappa shape index (κ1) is 17.2. The third-order valence-electron chi connectivity index (χ3n) is 3.88. The van der Waals surface area contributed by atoms with Gasteiger partial charge in [-0.25, -0.2) is 9.59 Å². The Balaban J connectivity index is 2.54. The second-order valence-electron chi connectivity index (χ2n) is 6.55. The van der Waals surface area contributed by atoms with Crippen molar-refractivity contribution in [2.24, 2.45) is 5.92 Å². The van der Waals surface area contributed by atoms with Gasteiger partial charge in [0, 0.05) is 0 Å². The molecule has 0 bridgehead atoms. The van der Waals surface area contributed by atoms with Crippen molar-refractivity contribution in [3.63, 3.8) is 0 Å². The maximum atomic E-state index is 12.3. The van der Waals surface area contributed by atoms with Gasteiger partial charge in [-0.15, -0.1) is 0 Å². The monoisotopic (exact) mass is 328 g/mol. The van der Waals surface area contributed by atoms with Crippen LogP contribution in [-0.2, 0) is 28.2 Å². The van der Waals surface area contributed by atoms with E-state index in [0.717, 1.165) is 19.3 Å². The normalized spacial score (nSPS) is 28.3. The Morgan fingerprint density at radius 1 is 1.14 bits per heavy atom. The molecule has 2 rings (SSSR count). The van der Waals surface area contributed by atoms with Gasteiger partial charge in [0.15, 0.2) is 8.32 Å². The number of hydrogen-bond donors (Lipinski definition) is 0. The number of carbonyl (C=O) groups is 2. The van der Waals surface area contributed by atoms with Gasteiger partial charge in [0.1, 0.15) is 5.57 Å². The maximum absolute atomic E-state index is 12.3. The number of methoxy groups -OCH3 is 2. The van der Waals surface area contributed by atoms with Crippen LogP contribution >= 0.6 is 0 Å². The molecule has 1 heterocycles. The van der Waals surface area contributed by atoms with Gasteiger partial charge < -0.3 is 18.6 Å². The molecule has 0 N–H and O–H groups in total.